The molecular weight excluding hydrogens is 565 g/mol. The van der Waals surface area contributed by atoms with Crippen LogP contribution < -0.4 is 14.5 Å². The minimum Gasteiger partial charge on any atom is -0.453 e. The molecule has 0 saturated carbocycles. The fourth-order valence-electron chi connectivity index (χ4n) is 6.55. The number of hydrogen-bond donors (Lipinski definition) is 0. The maximum Gasteiger partial charge on any atom is 0.181 e. The number of ether oxygens (including phenoxy) is 1. The van der Waals surface area contributed by atoms with Crippen molar-refractivity contribution in [2.75, 3.05) is 9.80 Å². The molecule has 2 aliphatic heterocycles. The van der Waals surface area contributed by atoms with Gasteiger partial charge < -0.3 is 14.5 Å². The zero-order chi connectivity index (χ0) is 28.8. The van der Waals surface area contributed by atoms with E-state index in [4.69, 9.17) is 9.72 Å². The normalized spacial score (nSPS) is 13.5. The second-order valence-corrected chi connectivity index (χ2v) is 11.9. The summed E-state index contributed by atoms with van der Waals surface area (Å²) in [4.78, 5) is 16.5. The van der Waals surface area contributed by atoms with Crippen molar-refractivity contribution in [2.45, 2.75) is 9.79 Å². The van der Waals surface area contributed by atoms with E-state index in [0.717, 1.165) is 68.0 Å². The van der Waals surface area contributed by atoms with E-state index in [9.17, 15) is 0 Å². The number of aromatic nitrogens is 4. The fraction of sp³-hybridized carbons (Fsp3) is 0. The van der Waals surface area contributed by atoms with Crippen LogP contribution in [0, 0.1) is 0 Å². The lowest BCUT2D eigenvalue weighted by molar-refractivity contribution is 0.477. The Labute approximate surface area is 256 Å². The number of hydrogen-bond acceptors (Lipinski definition) is 6. The molecule has 0 N–H and O–H groups in total. The molecule has 0 radical (unpaired) electrons. The van der Waals surface area contributed by atoms with Crippen LogP contribution in [0.2, 0.25) is 0 Å². The summed E-state index contributed by atoms with van der Waals surface area (Å²) in [6.07, 6.45) is 7.71. The molecule has 0 bridgehead atoms. The average Bonchev–Trinajstić information content (AvgIpc) is 3.76. The molecule has 0 spiro atoms. The Balaban J connectivity index is 1.38. The van der Waals surface area contributed by atoms with Crippen molar-refractivity contribution in [2.24, 2.45) is 0 Å². The molecule has 5 heterocycles. The largest absolute Gasteiger partial charge is 0.453 e. The quantitative estimate of drug-likeness (QED) is 0.201. The molecule has 0 saturated heterocycles. The highest BCUT2D eigenvalue weighted by atomic mass is 32.2. The molecule has 0 aliphatic carbocycles. The van der Waals surface area contributed by atoms with Crippen LogP contribution in [0.5, 0.6) is 11.5 Å². The zero-order valence-electron chi connectivity index (χ0n) is 23.2. The molecule has 8 heteroatoms. The third-order valence-corrected chi connectivity index (χ3v) is 9.55. The summed E-state index contributed by atoms with van der Waals surface area (Å²) in [6, 6.07) is 38.3. The average molecular weight is 587 g/mol. The monoisotopic (exact) mass is 586 g/mol. The number of para-hydroxylation sites is 6. The van der Waals surface area contributed by atoms with E-state index in [1.54, 1.807) is 0 Å². The summed E-state index contributed by atoms with van der Waals surface area (Å²) in [6.45, 7) is 0. The molecule has 5 aromatic carbocycles. The van der Waals surface area contributed by atoms with Crippen molar-refractivity contribution >= 4 is 68.2 Å². The first kappa shape index (κ1) is 23.8. The van der Waals surface area contributed by atoms with Gasteiger partial charge in [-0.2, -0.15) is 0 Å². The molecule has 0 unspecified atom stereocenters. The van der Waals surface area contributed by atoms with Crippen molar-refractivity contribution in [1.82, 2.24) is 18.8 Å². The Morgan fingerprint density at radius 2 is 0.909 bits per heavy atom. The maximum atomic E-state index is 6.43. The van der Waals surface area contributed by atoms with Gasteiger partial charge in [-0.05, 0) is 60.7 Å². The minimum absolute atomic E-state index is 0.810. The van der Waals surface area contributed by atoms with Crippen molar-refractivity contribution in [3.05, 3.63) is 134 Å². The van der Waals surface area contributed by atoms with Crippen LogP contribution in [0.3, 0.4) is 0 Å². The molecule has 7 nitrogen and oxygen atoms in total. The summed E-state index contributed by atoms with van der Waals surface area (Å²) < 4.78 is 10.7. The summed E-state index contributed by atoms with van der Waals surface area (Å²) in [5, 5.41) is 0. The van der Waals surface area contributed by atoms with Gasteiger partial charge in [0.2, 0.25) is 0 Å². The maximum absolute atomic E-state index is 6.43. The van der Waals surface area contributed by atoms with Gasteiger partial charge >= 0.3 is 0 Å². The lowest BCUT2D eigenvalue weighted by Crippen LogP contribution is -2.21. The van der Waals surface area contributed by atoms with Crippen molar-refractivity contribution in [3.63, 3.8) is 0 Å². The first-order chi connectivity index (χ1) is 21.8. The summed E-state index contributed by atoms with van der Waals surface area (Å²) in [5.74, 6) is 1.62. The topological polar surface area (TPSA) is 50.3 Å². The first-order valence-corrected chi connectivity index (χ1v) is 15.2. The highest BCUT2D eigenvalue weighted by molar-refractivity contribution is 7.99. The molecule has 208 valence electrons. The van der Waals surface area contributed by atoms with Crippen LogP contribution in [0.4, 0.5) is 34.1 Å². The van der Waals surface area contributed by atoms with Crippen molar-refractivity contribution < 1.29 is 4.74 Å². The van der Waals surface area contributed by atoms with Gasteiger partial charge in [-0.25, -0.2) is 9.97 Å². The predicted octanol–water partition coefficient (Wildman–Crippen LogP) is 9.65. The number of fused-ring (bicyclic) bond motifs is 10. The summed E-state index contributed by atoms with van der Waals surface area (Å²) in [5.41, 5.74) is 9.98. The Morgan fingerprint density at radius 1 is 0.477 bits per heavy atom. The first-order valence-electron chi connectivity index (χ1n) is 14.4. The highest BCUT2D eigenvalue weighted by Gasteiger charge is 2.32. The van der Waals surface area contributed by atoms with E-state index in [1.807, 2.05) is 60.8 Å². The van der Waals surface area contributed by atoms with Crippen LogP contribution in [-0.2, 0) is 0 Å². The fourth-order valence-corrected chi connectivity index (χ4v) is 7.61. The molecule has 0 atom stereocenters. The second-order valence-electron chi connectivity index (χ2n) is 10.8. The summed E-state index contributed by atoms with van der Waals surface area (Å²) >= 11 is 1.81. The van der Waals surface area contributed by atoms with Crippen LogP contribution in [-0.4, -0.2) is 18.8 Å². The molecule has 44 heavy (non-hydrogen) atoms. The Kier molecular flexibility index (Phi) is 4.81. The van der Waals surface area contributed by atoms with E-state index in [1.165, 1.54) is 9.79 Å². The highest BCUT2D eigenvalue weighted by Crippen LogP contribution is 2.57. The smallest absolute Gasteiger partial charge is 0.181 e. The van der Waals surface area contributed by atoms with Gasteiger partial charge in [0.25, 0.3) is 0 Å². The van der Waals surface area contributed by atoms with Gasteiger partial charge in [-0.1, -0.05) is 60.3 Å². The SMILES string of the molecule is c1ccc2c(c1)Oc1ccccc1N2c1cc2c(cc1N1c3ccccc3Sc3ccccc31)n1ccnc1c1nccn21. The molecular formula is C36H22N6OS. The third-order valence-electron chi connectivity index (χ3n) is 8.42. The van der Waals surface area contributed by atoms with E-state index >= 15 is 0 Å². The molecule has 10 rings (SSSR count). The second kappa shape index (κ2) is 8.89. The minimum atomic E-state index is 0.810. The van der Waals surface area contributed by atoms with Gasteiger partial charge in [0.1, 0.15) is 0 Å². The van der Waals surface area contributed by atoms with Crippen molar-refractivity contribution in [1.29, 1.82) is 0 Å². The van der Waals surface area contributed by atoms with Gasteiger partial charge in [0, 0.05) is 34.6 Å². The number of benzene rings is 5. The van der Waals surface area contributed by atoms with Crippen LogP contribution in [0.25, 0.3) is 22.3 Å². The number of imidazole rings is 2. The number of nitrogens with zero attached hydrogens (tertiary/aromatic N) is 6. The van der Waals surface area contributed by atoms with Crippen LogP contribution in [0.15, 0.2) is 144 Å². The lowest BCUT2D eigenvalue weighted by atomic mass is 10.1. The lowest BCUT2D eigenvalue weighted by Gasteiger charge is -2.38. The van der Waals surface area contributed by atoms with Crippen molar-refractivity contribution in [3.8, 4) is 11.5 Å². The van der Waals surface area contributed by atoms with E-state index in [-0.39, 0.29) is 0 Å². The van der Waals surface area contributed by atoms with Gasteiger partial charge in [0.05, 0.1) is 45.2 Å². The molecule has 0 fully saturated rings. The van der Waals surface area contributed by atoms with Gasteiger partial charge in [0.15, 0.2) is 22.8 Å². The van der Waals surface area contributed by atoms with Gasteiger partial charge in [-0.15, -0.1) is 0 Å². The molecule has 3 aromatic heterocycles. The Morgan fingerprint density at radius 3 is 1.43 bits per heavy atom. The van der Waals surface area contributed by atoms with Crippen LogP contribution in [0.1, 0.15) is 0 Å². The predicted molar refractivity (Wildman–Crippen MR) is 175 cm³/mol. The molecule has 0 amide bonds. The third kappa shape index (κ3) is 3.23. The number of rotatable bonds is 2. The van der Waals surface area contributed by atoms with E-state index < -0.39 is 0 Å². The standard InChI is InChI=1S/C36H22N6OS/c1-5-13-31-23(9-1)41(24-10-2-6-14-32(24)43-31)29-21-27-28(40-20-18-38-36(40)35-37-17-19-39(27)35)22-30(29)42-25-11-3-7-15-33(25)44-34-16-8-4-12-26(34)42/h1-22H. The van der Waals surface area contributed by atoms with Crippen LogP contribution >= 0.6 is 11.8 Å². The summed E-state index contributed by atoms with van der Waals surface area (Å²) in [7, 11) is 0. The number of anilines is 6. The van der Waals surface area contributed by atoms with E-state index in [0.29, 0.717) is 0 Å². The Bertz CT molecular complexity index is 2190. The Hall–Kier alpha value is -5.73. The molecule has 2 aliphatic rings. The molecule has 8 aromatic rings. The van der Waals surface area contributed by atoms with Gasteiger partial charge in [-0.3, -0.25) is 8.80 Å². The van der Waals surface area contributed by atoms with E-state index in [2.05, 4.69) is 109 Å². The zero-order valence-corrected chi connectivity index (χ0v) is 24.0.